The molecule has 1 aromatic heterocycles. The first-order valence-corrected chi connectivity index (χ1v) is 12.0. The van der Waals surface area contributed by atoms with Gasteiger partial charge in [-0.3, -0.25) is 9.18 Å². The Morgan fingerprint density at radius 1 is 1.26 bits per heavy atom. The van der Waals surface area contributed by atoms with E-state index in [0.29, 0.717) is 38.4 Å². The lowest BCUT2D eigenvalue weighted by atomic mass is 9.92. The Labute approximate surface area is 200 Å². The minimum Gasteiger partial charge on any atom is -0.476 e. The third-order valence-corrected chi connectivity index (χ3v) is 6.79. The number of carbonyl (C=O) groups is 2. The molecular weight excluding hydrogens is 445 g/mol. The number of nitrogens with zero attached hydrogens (tertiary/aromatic N) is 2. The Morgan fingerprint density at radius 3 is 2.59 bits per heavy atom. The first-order valence-electron chi connectivity index (χ1n) is 12.0. The summed E-state index contributed by atoms with van der Waals surface area (Å²) >= 11 is 0. The van der Waals surface area contributed by atoms with Crippen molar-refractivity contribution in [2.45, 2.75) is 51.2 Å². The number of carbonyl (C=O) groups excluding carboxylic acids is 2. The summed E-state index contributed by atoms with van der Waals surface area (Å²) in [5.74, 6) is -0.236. The third-order valence-electron chi connectivity index (χ3n) is 6.79. The number of rotatable bonds is 14. The highest BCUT2D eigenvalue weighted by atomic mass is 19.1. The van der Waals surface area contributed by atoms with E-state index in [1.54, 1.807) is 33.1 Å². The van der Waals surface area contributed by atoms with Crippen molar-refractivity contribution < 1.29 is 33.3 Å². The molecule has 1 saturated heterocycles. The number of amides is 1. The summed E-state index contributed by atoms with van der Waals surface area (Å²) in [6.07, 6.45) is 1.80. The van der Waals surface area contributed by atoms with Crippen LogP contribution in [0.4, 0.5) is 10.1 Å². The number of anilines is 1. The molecule has 0 spiro atoms. The number of aliphatic hydroxyl groups excluding tert-OH is 1. The van der Waals surface area contributed by atoms with Crippen molar-refractivity contribution in [3.63, 3.8) is 0 Å². The number of aliphatic hydroxyl groups is 1. The summed E-state index contributed by atoms with van der Waals surface area (Å²) < 4.78 is 28.9. The van der Waals surface area contributed by atoms with Crippen LogP contribution in [0.1, 0.15) is 50.0 Å². The molecule has 0 aromatic carbocycles. The molecule has 1 saturated carbocycles. The summed E-state index contributed by atoms with van der Waals surface area (Å²) in [5.41, 5.74) is -0.325. The normalized spacial score (nSPS) is 20.0. The van der Waals surface area contributed by atoms with Gasteiger partial charge >= 0.3 is 5.97 Å². The van der Waals surface area contributed by atoms with E-state index in [-0.39, 0.29) is 43.3 Å². The lowest BCUT2D eigenvalue weighted by Gasteiger charge is -2.40. The van der Waals surface area contributed by atoms with Crippen molar-refractivity contribution in [1.82, 2.24) is 10.3 Å². The molecular formula is C24H36FN3O6. The van der Waals surface area contributed by atoms with Gasteiger partial charge in [-0.25, -0.2) is 9.78 Å². The van der Waals surface area contributed by atoms with Crippen molar-refractivity contribution in [2.75, 3.05) is 51.6 Å². The highest BCUT2D eigenvalue weighted by Gasteiger charge is 2.40. The van der Waals surface area contributed by atoms with Gasteiger partial charge in [-0.2, -0.15) is 0 Å². The summed E-state index contributed by atoms with van der Waals surface area (Å²) in [4.78, 5) is 32.4. The van der Waals surface area contributed by atoms with Gasteiger partial charge in [-0.1, -0.05) is 13.8 Å². The molecule has 1 aliphatic heterocycles. The number of ether oxygens (including phenoxy) is 3. The maximum atomic E-state index is 13.1. The quantitative estimate of drug-likeness (QED) is 0.307. The molecule has 2 atom stereocenters. The largest absolute Gasteiger partial charge is 0.476 e. The number of alkyl halides is 1. The van der Waals surface area contributed by atoms with Gasteiger partial charge in [0.1, 0.15) is 16.9 Å². The third kappa shape index (κ3) is 5.96. The zero-order chi connectivity index (χ0) is 24.7. The molecule has 1 amide bonds. The molecule has 3 rings (SSSR count). The first kappa shape index (κ1) is 26.2. The van der Waals surface area contributed by atoms with Crippen molar-refractivity contribution in [2.24, 2.45) is 11.8 Å². The van der Waals surface area contributed by atoms with E-state index in [1.807, 2.05) is 0 Å². The molecule has 1 aliphatic carbocycles. The van der Waals surface area contributed by atoms with Gasteiger partial charge in [0, 0.05) is 33.2 Å². The number of aromatic nitrogens is 1. The zero-order valence-corrected chi connectivity index (χ0v) is 20.2. The maximum absolute atomic E-state index is 13.1. The molecule has 2 heterocycles. The highest BCUT2D eigenvalue weighted by Crippen LogP contribution is 2.39. The number of methoxy groups -OCH3 is 1. The molecule has 9 nitrogen and oxygen atoms in total. The zero-order valence-electron chi connectivity index (χ0n) is 20.2. The minimum atomic E-state index is -1.22. The lowest BCUT2D eigenvalue weighted by molar-refractivity contribution is -0.152. The Balaban J connectivity index is 1.75. The Hall–Kier alpha value is -2.46. The second-order valence-electron chi connectivity index (χ2n) is 8.95. The number of hydrogen-bond donors (Lipinski definition) is 2. The molecule has 2 N–H and O–H groups in total. The Kier molecular flexibility index (Phi) is 9.07. The number of hydrogen-bond acceptors (Lipinski definition) is 8. The lowest BCUT2D eigenvalue weighted by Crippen LogP contribution is -2.54. The predicted molar refractivity (Wildman–Crippen MR) is 124 cm³/mol. The molecule has 2 aliphatic rings. The number of esters is 1. The number of halogens is 1. The van der Waals surface area contributed by atoms with Crippen molar-refractivity contribution in [3.05, 3.63) is 17.8 Å². The molecule has 190 valence electrons. The summed E-state index contributed by atoms with van der Waals surface area (Å²) in [6.45, 7) is 4.90. The average molecular weight is 482 g/mol. The van der Waals surface area contributed by atoms with E-state index in [4.69, 9.17) is 14.2 Å². The van der Waals surface area contributed by atoms with Crippen molar-refractivity contribution in [1.29, 1.82) is 0 Å². The van der Waals surface area contributed by atoms with Crippen LogP contribution in [0.2, 0.25) is 0 Å². The van der Waals surface area contributed by atoms with Gasteiger partial charge < -0.3 is 29.5 Å². The summed E-state index contributed by atoms with van der Waals surface area (Å²) in [7, 11) is 1.67. The summed E-state index contributed by atoms with van der Waals surface area (Å²) in [6, 6.07) is 3.40. The van der Waals surface area contributed by atoms with Crippen LogP contribution in [0.15, 0.2) is 12.1 Å². The first-order chi connectivity index (χ1) is 16.4. The molecule has 2 fully saturated rings. The van der Waals surface area contributed by atoms with Gasteiger partial charge in [0.15, 0.2) is 0 Å². The number of nitrogens with one attached hydrogen (secondary N) is 1. The van der Waals surface area contributed by atoms with E-state index >= 15 is 0 Å². The topological polar surface area (TPSA) is 110 Å². The molecule has 10 heteroatoms. The van der Waals surface area contributed by atoms with Crippen LogP contribution in [-0.4, -0.2) is 80.3 Å². The average Bonchev–Trinajstić information content (AvgIpc) is 3.59. The second-order valence-corrected chi connectivity index (χ2v) is 8.95. The Bertz CT molecular complexity index is 844. The van der Waals surface area contributed by atoms with Crippen LogP contribution in [0.5, 0.6) is 5.88 Å². The van der Waals surface area contributed by atoms with Gasteiger partial charge in [0.05, 0.1) is 26.0 Å². The van der Waals surface area contributed by atoms with Gasteiger partial charge in [0.25, 0.3) is 5.91 Å². The highest BCUT2D eigenvalue weighted by molar-refractivity contribution is 5.97. The minimum absolute atomic E-state index is 0.0355. The smallest absolute Gasteiger partial charge is 0.331 e. The van der Waals surface area contributed by atoms with Gasteiger partial charge in [-0.15, -0.1) is 0 Å². The molecule has 0 unspecified atom stereocenters. The van der Waals surface area contributed by atoms with Crippen LogP contribution in [0, 0.1) is 11.8 Å². The molecule has 0 bridgehead atoms. The van der Waals surface area contributed by atoms with E-state index in [1.165, 1.54) is 0 Å². The van der Waals surface area contributed by atoms with Crippen LogP contribution >= 0.6 is 0 Å². The fourth-order valence-electron chi connectivity index (χ4n) is 4.02. The standard InChI is InChI=1S/C24H36FN3O6/c1-4-24(5-2,23(31)33-10-6-9-25)27-21(30)19-7-8-20(28-12-18(13-28)32-3)22(26-19)34-15-17-11-16(17)14-29/h7-8,16-18,29H,4-6,9-15H2,1-3H3,(H,27,30)/t16-,17-/m1/s1. The van der Waals surface area contributed by atoms with E-state index in [9.17, 15) is 19.1 Å². The van der Waals surface area contributed by atoms with E-state index < -0.39 is 24.1 Å². The predicted octanol–water partition coefficient (Wildman–Crippen LogP) is 2.12. The summed E-state index contributed by atoms with van der Waals surface area (Å²) in [5, 5.41) is 12.1. The fourth-order valence-corrected chi connectivity index (χ4v) is 4.02. The molecule has 1 aromatic rings. The van der Waals surface area contributed by atoms with Crippen LogP contribution in [-0.2, 0) is 14.3 Å². The van der Waals surface area contributed by atoms with Crippen LogP contribution < -0.4 is 15.0 Å². The van der Waals surface area contributed by atoms with Crippen molar-refractivity contribution in [3.8, 4) is 5.88 Å². The van der Waals surface area contributed by atoms with E-state index in [0.717, 1.165) is 12.1 Å². The van der Waals surface area contributed by atoms with Crippen LogP contribution in [0.3, 0.4) is 0 Å². The maximum Gasteiger partial charge on any atom is 0.331 e. The van der Waals surface area contributed by atoms with E-state index in [2.05, 4.69) is 15.2 Å². The second kappa shape index (κ2) is 11.8. The van der Waals surface area contributed by atoms with Gasteiger partial charge in [0.2, 0.25) is 5.88 Å². The fraction of sp³-hybridized carbons (Fsp3) is 0.708. The Morgan fingerprint density at radius 2 is 2.00 bits per heavy atom. The number of pyridine rings is 1. The SMILES string of the molecule is CCC(CC)(NC(=O)c1ccc(N2CC(OC)C2)c(OC[C@H]2C[C@@H]2CO)n1)C(=O)OCCCF. The van der Waals surface area contributed by atoms with Gasteiger partial charge in [-0.05, 0) is 43.2 Å². The monoisotopic (exact) mass is 481 g/mol. The molecule has 0 radical (unpaired) electrons. The molecule has 34 heavy (non-hydrogen) atoms. The van der Waals surface area contributed by atoms with Crippen LogP contribution in [0.25, 0.3) is 0 Å². The van der Waals surface area contributed by atoms with Crippen molar-refractivity contribution >= 4 is 17.6 Å².